The molecule has 0 fully saturated rings. The van der Waals surface area contributed by atoms with Crippen molar-refractivity contribution in [2.24, 2.45) is 0 Å². The van der Waals surface area contributed by atoms with Crippen molar-refractivity contribution in [1.82, 2.24) is 0 Å². The molecule has 0 aromatic heterocycles. The molecule has 0 radical (unpaired) electrons. The smallest absolute Gasteiger partial charge is 0.306 e. The largest absolute Gasteiger partial charge is 0.462 e. The van der Waals surface area contributed by atoms with Crippen molar-refractivity contribution in [3.63, 3.8) is 0 Å². The highest BCUT2D eigenvalue weighted by molar-refractivity contribution is 5.71. The second-order valence-electron chi connectivity index (χ2n) is 18.5. The first kappa shape index (κ1) is 62.1. The second kappa shape index (κ2) is 53.7. The lowest BCUT2D eigenvalue weighted by Crippen LogP contribution is -2.30. The van der Waals surface area contributed by atoms with E-state index in [2.05, 4.69) is 81.5 Å². The monoisotopic (exact) mass is 909 g/mol. The van der Waals surface area contributed by atoms with Crippen LogP contribution in [0.3, 0.4) is 0 Å². The fourth-order valence-electron chi connectivity index (χ4n) is 7.77. The third-order valence-corrected chi connectivity index (χ3v) is 12.0. The van der Waals surface area contributed by atoms with Gasteiger partial charge in [-0.25, -0.2) is 0 Å². The van der Waals surface area contributed by atoms with Gasteiger partial charge in [-0.05, 0) is 89.9 Å². The van der Waals surface area contributed by atoms with Crippen molar-refractivity contribution in [3.05, 3.63) is 60.8 Å². The molecule has 0 saturated heterocycles. The Bertz CT molecular complexity index is 1180. The first-order chi connectivity index (χ1) is 32.0. The average Bonchev–Trinajstić information content (AvgIpc) is 3.30. The molecule has 6 nitrogen and oxygen atoms in total. The van der Waals surface area contributed by atoms with Gasteiger partial charge in [-0.2, -0.15) is 0 Å². The van der Waals surface area contributed by atoms with Crippen LogP contribution in [0.5, 0.6) is 0 Å². The van der Waals surface area contributed by atoms with Gasteiger partial charge in [0.15, 0.2) is 6.10 Å². The van der Waals surface area contributed by atoms with E-state index in [1.54, 1.807) is 0 Å². The van der Waals surface area contributed by atoms with E-state index in [9.17, 15) is 14.4 Å². The minimum atomic E-state index is -0.792. The summed E-state index contributed by atoms with van der Waals surface area (Å²) in [5.74, 6) is -0.919. The van der Waals surface area contributed by atoms with Gasteiger partial charge in [0.2, 0.25) is 0 Å². The quantitative estimate of drug-likeness (QED) is 0.0262. The van der Waals surface area contributed by atoms with Gasteiger partial charge < -0.3 is 14.2 Å². The topological polar surface area (TPSA) is 78.9 Å². The lowest BCUT2D eigenvalue weighted by atomic mass is 10.0. The van der Waals surface area contributed by atoms with Crippen LogP contribution in [-0.4, -0.2) is 37.2 Å². The Morgan fingerprint density at radius 2 is 0.554 bits per heavy atom. The third kappa shape index (κ3) is 51.9. The normalized spacial score (nSPS) is 12.5. The van der Waals surface area contributed by atoms with E-state index in [0.29, 0.717) is 19.3 Å². The second-order valence-corrected chi connectivity index (χ2v) is 18.5. The lowest BCUT2D eigenvalue weighted by Gasteiger charge is -2.18. The number of hydrogen-bond acceptors (Lipinski definition) is 6. The molecule has 1 atom stereocenters. The first-order valence-corrected chi connectivity index (χ1v) is 27.8. The minimum absolute atomic E-state index is 0.0875. The molecule has 0 aromatic rings. The van der Waals surface area contributed by atoms with Crippen LogP contribution >= 0.6 is 0 Å². The molecule has 0 aliphatic heterocycles. The Labute approximate surface area is 402 Å². The molecular formula is C59H104O6. The van der Waals surface area contributed by atoms with E-state index in [0.717, 1.165) is 89.9 Å². The summed E-state index contributed by atoms with van der Waals surface area (Å²) in [6.45, 7) is 6.58. The summed E-state index contributed by atoms with van der Waals surface area (Å²) in [5, 5.41) is 0. The number of esters is 3. The molecule has 0 rings (SSSR count). The maximum atomic E-state index is 12.8. The Balaban J connectivity index is 4.43. The molecule has 6 heteroatoms. The molecule has 0 unspecified atom stereocenters. The fourth-order valence-corrected chi connectivity index (χ4v) is 7.77. The number of carbonyl (C=O) groups excluding carboxylic acids is 3. The van der Waals surface area contributed by atoms with Crippen LogP contribution in [0, 0.1) is 0 Å². The van der Waals surface area contributed by atoms with Crippen LogP contribution in [0.15, 0.2) is 60.8 Å². The van der Waals surface area contributed by atoms with Crippen LogP contribution in [0.2, 0.25) is 0 Å². The summed E-state index contributed by atoms with van der Waals surface area (Å²) in [5.41, 5.74) is 0. The van der Waals surface area contributed by atoms with Crippen molar-refractivity contribution < 1.29 is 28.6 Å². The molecule has 376 valence electrons. The number of unbranched alkanes of at least 4 members (excludes halogenated alkanes) is 29. The summed E-state index contributed by atoms with van der Waals surface area (Å²) in [4.78, 5) is 38.1. The van der Waals surface area contributed by atoms with Gasteiger partial charge in [0.1, 0.15) is 13.2 Å². The number of allylic oxidation sites excluding steroid dienone is 10. The van der Waals surface area contributed by atoms with Gasteiger partial charge in [-0.3, -0.25) is 14.4 Å². The van der Waals surface area contributed by atoms with E-state index in [1.807, 2.05) is 0 Å². The zero-order chi connectivity index (χ0) is 47.2. The molecule has 0 heterocycles. The number of ether oxygens (including phenoxy) is 3. The van der Waals surface area contributed by atoms with E-state index in [-0.39, 0.29) is 31.1 Å². The van der Waals surface area contributed by atoms with Gasteiger partial charge in [0.05, 0.1) is 0 Å². The molecule has 0 saturated carbocycles. The fraction of sp³-hybridized carbons (Fsp3) is 0.780. The summed E-state index contributed by atoms with van der Waals surface area (Å²) < 4.78 is 16.8. The summed E-state index contributed by atoms with van der Waals surface area (Å²) in [6, 6.07) is 0. The van der Waals surface area contributed by atoms with Crippen molar-refractivity contribution in [1.29, 1.82) is 0 Å². The van der Waals surface area contributed by atoms with Crippen molar-refractivity contribution in [3.8, 4) is 0 Å². The van der Waals surface area contributed by atoms with Crippen LogP contribution < -0.4 is 0 Å². The minimum Gasteiger partial charge on any atom is -0.462 e. The molecule has 0 N–H and O–H groups in total. The molecule has 65 heavy (non-hydrogen) atoms. The van der Waals surface area contributed by atoms with Gasteiger partial charge >= 0.3 is 17.9 Å². The van der Waals surface area contributed by atoms with E-state index < -0.39 is 6.10 Å². The average molecular weight is 909 g/mol. The highest BCUT2D eigenvalue weighted by Gasteiger charge is 2.19. The highest BCUT2D eigenvalue weighted by atomic mass is 16.6. The van der Waals surface area contributed by atoms with Crippen molar-refractivity contribution >= 4 is 17.9 Å². The predicted octanol–water partition coefficient (Wildman–Crippen LogP) is 18.4. The number of hydrogen-bond donors (Lipinski definition) is 0. The molecule has 0 aliphatic rings. The van der Waals surface area contributed by atoms with Gasteiger partial charge in [0.25, 0.3) is 0 Å². The Hall–Kier alpha value is -2.89. The summed E-state index contributed by atoms with van der Waals surface area (Å²) in [7, 11) is 0. The van der Waals surface area contributed by atoms with Crippen molar-refractivity contribution in [2.45, 2.75) is 284 Å². The van der Waals surface area contributed by atoms with Gasteiger partial charge in [-0.15, -0.1) is 0 Å². The SMILES string of the molecule is CCCCC/C=C\C/C=C\C/C=C\C/C=C\CCCCCC(=O)O[C@H](COC(=O)CCCCCCC/C=C\CCCCCC)COC(=O)CCCCCCCCCCCCCCCCC. The number of carbonyl (C=O) groups is 3. The van der Waals surface area contributed by atoms with Gasteiger partial charge in [-0.1, -0.05) is 229 Å². The Morgan fingerprint density at radius 1 is 0.308 bits per heavy atom. The zero-order valence-corrected chi connectivity index (χ0v) is 43.0. The molecule has 0 amide bonds. The van der Waals surface area contributed by atoms with Crippen LogP contribution in [-0.2, 0) is 28.6 Å². The summed E-state index contributed by atoms with van der Waals surface area (Å²) in [6.07, 6.45) is 66.3. The first-order valence-electron chi connectivity index (χ1n) is 27.8. The molecule has 0 aromatic carbocycles. The van der Waals surface area contributed by atoms with Crippen molar-refractivity contribution in [2.75, 3.05) is 13.2 Å². The van der Waals surface area contributed by atoms with Gasteiger partial charge in [0, 0.05) is 19.3 Å². The number of rotatable bonds is 50. The lowest BCUT2D eigenvalue weighted by molar-refractivity contribution is -0.167. The summed E-state index contributed by atoms with van der Waals surface area (Å²) >= 11 is 0. The molecule has 0 spiro atoms. The maximum absolute atomic E-state index is 12.8. The predicted molar refractivity (Wildman–Crippen MR) is 279 cm³/mol. The van der Waals surface area contributed by atoms with E-state index in [1.165, 1.54) is 148 Å². The van der Waals surface area contributed by atoms with Crippen LogP contribution in [0.1, 0.15) is 278 Å². The highest BCUT2D eigenvalue weighted by Crippen LogP contribution is 2.15. The molecular weight excluding hydrogens is 805 g/mol. The zero-order valence-electron chi connectivity index (χ0n) is 43.0. The van der Waals surface area contributed by atoms with E-state index in [4.69, 9.17) is 14.2 Å². The Morgan fingerprint density at radius 3 is 0.938 bits per heavy atom. The Kier molecular flexibility index (Phi) is 51.3. The van der Waals surface area contributed by atoms with Crippen LogP contribution in [0.25, 0.3) is 0 Å². The molecule has 0 aliphatic carbocycles. The van der Waals surface area contributed by atoms with Crippen LogP contribution in [0.4, 0.5) is 0 Å². The third-order valence-electron chi connectivity index (χ3n) is 12.0. The van der Waals surface area contributed by atoms with E-state index >= 15 is 0 Å². The standard InChI is InChI=1S/C59H104O6/c1-4-7-10-13-16-19-22-25-27-28-29-30-32-35-38-41-44-47-50-53-59(62)65-56(54-63-57(60)51-48-45-42-39-36-33-24-21-18-15-12-9-6-3)55-64-58(61)52-49-46-43-40-37-34-31-26-23-20-17-14-11-8-5-2/h16,19,21,24-25,27,29-30,35,38,56H,4-15,17-18,20,22-23,26,28,31-34,36-37,39-55H2,1-3H3/b19-16-,24-21-,27-25-,30-29-,38-35-/t56-/m1/s1. The molecule has 0 bridgehead atoms. The maximum Gasteiger partial charge on any atom is 0.306 e.